The lowest BCUT2D eigenvalue weighted by Gasteiger charge is -2.19. The van der Waals surface area contributed by atoms with Crippen LogP contribution in [0.15, 0.2) is 18.3 Å². The number of nitrogens with zero attached hydrogens (tertiary/aromatic N) is 3. The molecule has 92 valence electrons. The van der Waals surface area contributed by atoms with Gasteiger partial charge in [-0.25, -0.2) is 9.37 Å². The number of aliphatic hydroxyl groups is 1. The fourth-order valence-electron chi connectivity index (χ4n) is 1.92. The van der Waals surface area contributed by atoms with Gasteiger partial charge < -0.3 is 10.0 Å². The van der Waals surface area contributed by atoms with Gasteiger partial charge in [0.25, 0.3) is 0 Å². The predicted molar refractivity (Wildman–Crippen MR) is 58.6 cm³/mol. The van der Waals surface area contributed by atoms with E-state index in [0.29, 0.717) is 6.54 Å². The van der Waals surface area contributed by atoms with Gasteiger partial charge in [0, 0.05) is 25.2 Å². The van der Waals surface area contributed by atoms with Crippen LogP contribution in [0.4, 0.5) is 15.9 Å². The van der Waals surface area contributed by atoms with Crippen molar-refractivity contribution >= 4 is 11.5 Å². The molecule has 6 nitrogen and oxygen atoms in total. The number of hydrogen-bond acceptors (Lipinski definition) is 5. The Labute approximate surface area is 96.8 Å². The van der Waals surface area contributed by atoms with Crippen molar-refractivity contribution in [3.8, 4) is 0 Å². The Kier molecular flexibility index (Phi) is 2.93. The first kappa shape index (κ1) is 11.7. The van der Waals surface area contributed by atoms with Crippen molar-refractivity contribution in [1.82, 2.24) is 4.98 Å². The quantitative estimate of drug-likeness (QED) is 0.628. The number of aromatic nitrogens is 1. The van der Waals surface area contributed by atoms with E-state index in [-0.39, 0.29) is 24.5 Å². The third-order valence-electron chi connectivity index (χ3n) is 2.85. The molecule has 0 aromatic carbocycles. The molecule has 1 aromatic rings. The molecule has 1 fully saturated rings. The number of alkyl halides is 1. The van der Waals surface area contributed by atoms with Crippen LogP contribution in [0.3, 0.4) is 0 Å². The molecule has 2 heterocycles. The number of halogens is 1. The number of rotatable bonds is 3. The molecule has 0 aliphatic carbocycles. The summed E-state index contributed by atoms with van der Waals surface area (Å²) in [6.45, 7) is -0.333. The van der Waals surface area contributed by atoms with Crippen molar-refractivity contribution in [2.24, 2.45) is 0 Å². The Morgan fingerprint density at radius 2 is 2.47 bits per heavy atom. The van der Waals surface area contributed by atoms with Gasteiger partial charge in [-0.3, -0.25) is 10.1 Å². The molecule has 1 aromatic heterocycles. The average molecular weight is 241 g/mol. The Morgan fingerprint density at radius 3 is 3.06 bits per heavy atom. The van der Waals surface area contributed by atoms with Gasteiger partial charge >= 0.3 is 5.69 Å². The van der Waals surface area contributed by atoms with Crippen LogP contribution in [0.1, 0.15) is 6.42 Å². The monoisotopic (exact) mass is 241 g/mol. The fourth-order valence-corrected chi connectivity index (χ4v) is 1.92. The summed E-state index contributed by atoms with van der Waals surface area (Å²) < 4.78 is 13.8. The molecular formula is C10H12FN3O3. The van der Waals surface area contributed by atoms with E-state index in [1.807, 2.05) is 0 Å². The molecule has 1 aliphatic rings. The zero-order chi connectivity index (χ0) is 12.5. The second-order valence-corrected chi connectivity index (χ2v) is 4.08. The van der Waals surface area contributed by atoms with Gasteiger partial charge in [-0.1, -0.05) is 0 Å². The number of nitro groups is 1. The number of pyridine rings is 1. The molecular weight excluding hydrogens is 229 g/mol. The lowest BCUT2D eigenvalue weighted by atomic mass is 10.1. The minimum atomic E-state index is -1.69. The van der Waals surface area contributed by atoms with Crippen molar-refractivity contribution in [1.29, 1.82) is 0 Å². The molecule has 2 rings (SSSR count). The molecule has 1 N–H and O–H groups in total. The van der Waals surface area contributed by atoms with Crippen LogP contribution in [0.2, 0.25) is 0 Å². The second-order valence-electron chi connectivity index (χ2n) is 4.08. The van der Waals surface area contributed by atoms with Crippen LogP contribution >= 0.6 is 0 Å². The molecule has 0 saturated carbocycles. The topological polar surface area (TPSA) is 79.5 Å². The minimum Gasteiger partial charge on any atom is -0.393 e. The van der Waals surface area contributed by atoms with Crippen LogP contribution in [0, 0.1) is 10.1 Å². The maximum Gasteiger partial charge on any atom is 0.311 e. The van der Waals surface area contributed by atoms with Crippen molar-refractivity contribution < 1.29 is 14.4 Å². The number of aliphatic hydroxyl groups excluding tert-OH is 1. The summed E-state index contributed by atoms with van der Waals surface area (Å²) in [5.74, 6) is 0.158. The summed E-state index contributed by atoms with van der Waals surface area (Å²) in [5, 5.41) is 19.7. The maximum atomic E-state index is 13.8. The summed E-state index contributed by atoms with van der Waals surface area (Å²) >= 11 is 0. The Morgan fingerprint density at radius 1 is 1.71 bits per heavy atom. The lowest BCUT2D eigenvalue weighted by Crippen LogP contribution is -2.32. The van der Waals surface area contributed by atoms with E-state index in [1.54, 1.807) is 0 Å². The molecule has 0 spiro atoms. The highest BCUT2D eigenvalue weighted by Crippen LogP contribution is 2.32. The van der Waals surface area contributed by atoms with Crippen LogP contribution in [0.5, 0.6) is 0 Å². The van der Waals surface area contributed by atoms with Crippen LogP contribution < -0.4 is 4.90 Å². The van der Waals surface area contributed by atoms with Gasteiger partial charge in [0.05, 0.1) is 18.1 Å². The second kappa shape index (κ2) is 4.25. The van der Waals surface area contributed by atoms with Gasteiger partial charge in [0.15, 0.2) is 5.67 Å². The van der Waals surface area contributed by atoms with E-state index in [9.17, 15) is 14.5 Å². The summed E-state index contributed by atoms with van der Waals surface area (Å²) in [5.41, 5.74) is -1.83. The van der Waals surface area contributed by atoms with Gasteiger partial charge in [-0.05, 0) is 6.07 Å². The standard InChI is InChI=1S/C10H12FN3O3/c11-10(7-15)3-5-13(6-10)9-8(14(16)17)2-1-4-12-9/h1-2,4,15H,3,5-7H2. The van der Waals surface area contributed by atoms with Gasteiger partial charge in [0.2, 0.25) is 5.82 Å². The first-order valence-corrected chi connectivity index (χ1v) is 5.20. The Balaban J connectivity index is 2.27. The molecule has 0 amide bonds. The average Bonchev–Trinajstić information content (AvgIpc) is 2.73. The van der Waals surface area contributed by atoms with Crippen LogP contribution in [-0.2, 0) is 0 Å². The summed E-state index contributed by atoms with van der Waals surface area (Å²) in [7, 11) is 0. The Hall–Kier alpha value is -1.76. The first-order valence-electron chi connectivity index (χ1n) is 5.20. The molecule has 0 radical (unpaired) electrons. The zero-order valence-electron chi connectivity index (χ0n) is 9.04. The van der Waals surface area contributed by atoms with E-state index < -0.39 is 17.2 Å². The predicted octanol–water partition coefficient (Wildman–Crippen LogP) is 0.900. The van der Waals surface area contributed by atoms with E-state index in [2.05, 4.69) is 4.98 Å². The normalized spacial score (nSPS) is 24.0. The highest BCUT2D eigenvalue weighted by molar-refractivity contribution is 5.58. The van der Waals surface area contributed by atoms with Crippen LogP contribution in [-0.4, -0.2) is 40.4 Å². The largest absolute Gasteiger partial charge is 0.393 e. The molecule has 1 aliphatic heterocycles. The molecule has 0 bridgehead atoms. The van der Waals surface area contributed by atoms with E-state index in [0.717, 1.165) is 0 Å². The SMILES string of the molecule is O=[N+]([O-])c1cccnc1N1CCC(F)(CO)C1. The highest BCUT2D eigenvalue weighted by Gasteiger charge is 2.40. The number of hydrogen-bond donors (Lipinski definition) is 1. The molecule has 7 heteroatoms. The maximum absolute atomic E-state index is 13.8. The van der Waals surface area contributed by atoms with E-state index in [4.69, 9.17) is 5.11 Å². The Bertz CT molecular complexity index is 443. The summed E-state index contributed by atoms with van der Waals surface area (Å²) in [4.78, 5) is 15.7. The number of anilines is 1. The van der Waals surface area contributed by atoms with Gasteiger partial charge in [0.1, 0.15) is 0 Å². The van der Waals surface area contributed by atoms with Crippen molar-refractivity contribution in [2.45, 2.75) is 12.1 Å². The smallest absolute Gasteiger partial charge is 0.311 e. The van der Waals surface area contributed by atoms with Gasteiger partial charge in [-0.15, -0.1) is 0 Å². The minimum absolute atomic E-state index is 0.0681. The van der Waals surface area contributed by atoms with Crippen LogP contribution in [0.25, 0.3) is 0 Å². The molecule has 1 unspecified atom stereocenters. The highest BCUT2D eigenvalue weighted by atomic mass is 19.1. The fraction of sp³-hybridized carbons (Fsp3) is 0.500. The molecule has 17 heavy (non-hydrogen) atoms. The first-order chi connectivity index (χ1) is 8.06. The van der Waals surface area contributed by atoms with E-state index >= 15 is 0 Å². The molecule has 1 atom stereocenters. The summed E-state index contributed by atoms with van der Waals surface area (Å²) in [6.07, 6.45) is 1.58. The van der Waals surface area contributed by atoms with Crippen molar-refractivity contribution in [3.63, 3.8) is 0 Å². The summed E-state index contributed by atoms with van der Waals surface area (Å²) in [6, 6.07) is 2.80. The molecule has 1 saturated heterocycles. The van der Waals surface area contributed by atoms with E-state index in [1.165, 1.54) is 23.2 Å². The third-order valence-corrected chi connectivity index (χ3v) is 2.85. The van der Waals surface area contributed by atoms with Crippen molar-refractivity contribution in [3.05, 3.63) is 28.4 Å². The zero-order valence-corrected chi connectivity index (χ0v) is 9.04. The lowest BCUT2D eigenvalue weighted by molar-refractivity contribution is -0.384. The van der Waals surface area contributed by atoms with Crippen molar-refractivity contribution in [2.75, 3.05) is 24.6 Å². The third kappa shape index (κ3) is 2.19. The van der Waals surface area contributed by atoms with Gasteiger partial charge in [-0.2, -0.15) is 0 Å².